The minimum atomic E-state index is 0.196. The van der Waals surface area contributed by atoms with Gasteiger partial charge in [0.1, 0.15) is 0 Å². The molecule has 2 N–H and O–H groups in total. The highest BCUT2D eigenvalue weighted by atomic mass is 16.1. The summed E-state index contributed by atoms with van der Waals surface area (Å²) < 4.78 is 0. The molecule has 98 valence electrons. The van der Waals surface area contributed by atoms with Crippen LogP contribution in [0.15, 0.2) is 24.3 Å². The molecule has 1 aliphatic carbocycles. The summed E-state index contributed by atoms with van der Waals surface area (Å²) in [5.41, 5.74) is 8.07. The molecule has 1 fully saturated rings. The molecule has 0 bridgehead atoms. The summed E-state index contributed by atoms with van der Waals surface area (Å²) in [5.74, 6) is 0.506. The van der Waals surface area contributed by atoms with Crippen molar-refractivity contribution >= 4 is 5.78 Å². The van der Waals surface area contributed by atoms with E-state index < -0.39 is 0 Å². The van der Waals surface area contributed by atoms with Crippen molar-refractivity contribution in [2.24, 2.45) is 11.7 Å². The fourth-order valence-electron chi connectivity index (χ4n) is 2.74. The summed E-state index contributed by atoms with van der Waals surface area (Å²) in [4.78, 5) is 12.3. The number of aryl methyl sites for hydroxylation is 1. The molecule has 1 aliphatic rings. The van der Waals surface area contributed by atoms with Crippen LogP contribution >= 0.6 is 0 Å². The number of ketones is 1. The Morgan fingerprint density at radius 3 is 2.33 bits per heavy atom. The van der Waals surface area contributed by atoms with Crippen molar-refractivity contribution in [3.63, 3.8) is 0 Å². The number of nitrogens with two attached hydrogens (primary N) is 1. The lowest BCUT2D eigenvalue weighted by Crippen LogP contribution is -2.29. The molecular weight excluding hydrogens is 222 g/mol. The van der Waals surface area contributed by atoms with E-state index in [2.05, 4.69) is 19.1 Å². The van der Waals surface area contributed by atoms with E-state index in [-0.39, 0.29) is 5.92 Å². The lowest BCUT2D eigenvalue weighted by atomic mass is 9.82. The van der Waals surface area contributed by atoms with Crippen LogP contribution in [0.2, 0.25) is 0 Å². The fraction of sp³-hybridized carbons (Fsp3) is 0.562. The van der Waals surface area contributed by atoms with Gasteiger partial charge in [-0.25, -0.2) is 0 Å². The van der Waals surface area contributed by atoms with Crippen LogP contribution in [-0.2, 0) is 6.42 Å². The van der Waals surface area contributed by atoms with Gasteiger partial charge in [-0.2, -0.15) is 0 Å². The van der Waals surface area contributed by atoms with E-state index in [0.29, 0.717) is 11.8 Å². The predicted molar refractivity (Wildman–Crippen MR) is 74.7 cm³/mol. The Labute approximate surface area is 110 Å². The molecule has 2 rings (SSSR count). The van der Waals surface area contributed by atoms with Crippen LogP contribution in [-0.4, -0.2) is 11.8 Å². The van der Waals surface area contributed by atoms with Crippen molar-refractivity contribution in [2.75, 3.05) is 0 Å². The molecule has 0 radical (unpaired) electrons. The molecule has 0 heterocycles. The molecule has 1 aromatic carbocycles. The smallest absolute Gasteiger partial charge is 0.165 e. The van der Waals surface area contributed by atoms with Crippen molar-refractivity contribution < 1.29 is 4.79 Å². The van der Waals surface area contributed by atoms with Gasteiger partial charge in [-0.05, 0) is 37.7 Å². The second-order valence-electron chi connectivity index (χ2n) is 5.42. The molecule has 18 heavy (non-hydrogen) atoms. The number of carbonyl (C=O) groups is 1. The Balaban J connectivity index is 2.00. The lowest BCUT2D eigenvalue weighted by molar-refractivity contribution is 0.0884. The summed E-state index contributed by atoms with van der Waals surface area (Å²) >= 11 is 0. The van der Waals surface area contributed by atoms with Gasteiger partial charge in [0.05, 0.1) is 0 Å². The van der Waals surface area contributed by atoms with E-state index in [1.807, 2.05) is 12.1 Å². The normalized spacial score (nSPS) is 23.9. The summed E-state index contributed by atoms with van der Waals surface area (Å²) in [5, 5.41) is 0. The highest BCUT2D eigenvalue weighted by Gasteiger charge is 2.25. The number of Topliss-reactive ketones (excluding diaryl/α,β-unsaturated/α-hetero) is 1. The topological polar surface area (TPSA) is 43.1 Å². The second-order valence-corrected chi connectivity index (χ2v) is 5.42. The van der Waals surface area contributed by atoms with Crippen LogP contribution in [0, 0.1) is 5.92 Å². The molecule has 0 spiro atoms. The van der Waals surface area contributed by atoms with Crippen molar-refractivity contribution in [1.29, 1.82) is 0 Å². The van der Waals surface area contributed by atoms with Gasteiger partial charge in [0, 0.05) is 17.5 Å². The van der Waals surface area contributed by atoms with E-state index in [1.165, 1.54) is 5.56 Å². The Kier molecular flexibility index (Phi) is 4.54. The summed E-state index contributed by atoms with van der Waals surface area (Å²) in [6, 6.07) is 8.46. The van der Waals surface area contributed by atoms with Crippen LogP contribution < -0.4 is 5.73 Å². The van der Waals surface area contributed by atoms with E-state index in [4.69, 9.17) is 5.73 Å². The van der Waals surface area contributed by atoms with Crippen molar-refractivity contribution in [1.82, 2.24) is 0 Å². The van der Waals surface area contributed by atoms with E-state index in [1.54, 1.807) is 0 Å². The summed E-state index contributed by atoms with van der Waals surface area (Å²) in [6.07, 6.45) is 6.13. The molecule has 2 nitrogen and oxygen atoms in total. The van der Waals surface area contributed by atoms with Crippen LogP contribution in [0.1, 0.15) is 54.9 Å². The van der Waals surface area contributed by atoms with E-state index in [9.17, 15) is 4.79 Å². The summed E-state index contributed by atoms with van der Waals surface area (Å²) in [6.45, 7) is 2.17. The van der Waals surface area contributed by atoms with Gasteiger partial charge >= 0.3 is 0 Å². The van der Waals surface area contributed by atoms with Gasteiger partial charge in [0.2, 0.25) is 0 Å². The Morgan fingerprint density at radius 2 is 1.78 bits per heavy atom. The number of rotatable bonds is 4. The molecule has 1 aromatic rings. The number of hydrogen-bond donors (Lipinski definition) is 1. The number of carbonyl (C=O) groups excluding carboxylic acids is 1. The average molecular weight is 245 g/mol. The van der Waals surface area contributed by atoms with E-state index in [0.717, 1.165) is 44.1 Å². The minimum absolute atomic E-state index is 0.196. The first kappa shape index (κ1) is 13.3. The second kappa shape index (κ2) is 6.14. The first-order valence-electron chi connectivity index (χ1n) is 7.09. The first-order chi connectivity index (χ1) is 8.70. The molecule has 0 saturated heterocycles. The summed E-state index contributed by atoms with van der Waals surface area (Å²) in [7, 11) is 0. The Morgan fingerprint density at radius 1 is 1.17 bits per heavy atom. The SMILES string of the molecule is CCCc1ccc(C(=O)C2CCC(N)CC2)cc1. The highest BCUT2D eigenvalue weighted by molar-refractivity contribution is 5.97. The van der Waals surface area contributed by atoms with Gasteiger partial charge in [0.25, 0.3) is 0 Å². The Hall–Kier alpha value is -1.15. The molecule has 1 saturated carbocycles. The maximum Gasteiger partial charge on any atom is 0.165 e. The number of benzene rings is 1. The molecule has 0 amide bonds. The van der Waals surface area contributed by atoms with Crippen molar-refractivity contribution in [3.8, 4) is 0 Å². The quantitative estimate of drug-likeness (QED) is 0.827. The van der Waals surface area contributed by atoms with Gasteiger partial charge in [-0.15, -0.1) is 0 Å². The molecule has 2 heteroatoms. The van der Waals surface area contributed by atoms with Crippen LogP contribution in [0.4, 0.5) is 0 Å². The maximum atomic E-state index is 12.3. The van der Waals surface area contributed by atoms with Crippen molar-refractivity contribution in [3.05, 3.63) is 35.4 Å². The maximum absolute atomic E-state index is 12.3. The highest BCUT2D eigenvalue weighted by Crippen LogP contribution is 2.26. The van der Waals surface area contributed by atoms with E-state index >= 15 is 0 Å². The zero-order chi connectivity index (χ0) is 13.0. The molecule has 0 unspecified atom stereocenters. The number of hydrogen-bond acceptors (Lipinski definition) is 2. The molecular formula is C16H23NO. The molecule has 0 aromatic heterocycles. The molecule has 0 aliphatic heterocycles. The van der Waals surface area contributed by atoms with Gasteiger partial charge in [-0.3, -0.25) is 4.79 Å². The first-order valence-corrected chi connectivity index (χ1v) is 7.09. The molecule has 0 atom stereocenters. The standard InChI is InChI=1S/C16H23NO/c1-2-3-12-4-6-13(7-5-12)16(18)14-8-10-15(17)11-9-14/h4-7,14-15H,2-3,8-11,17H2,1H3. The predicted octanol–water partition coefficient (Wildman–Crippen LogP) is 3.34. The monoisotopic (exact) mass is 245 g/mol. The van der Waals surface area contributed by atoms with Gasteiger partial charge < -0.3 is 5.73 Å². The zero-order valence-electron chi connectivity index (χ0n) is 11.2. The van der Waals surface area contributed by atoms with Crippen LogP contribution in [0.5, 0.6) is 0 Å². The van der Waals surface area contributed by atoms with Gasteiger partial charge in [0.15, 0.2) is 5.78 Å². The van der Waals surface area contributed by atoms with Crippen LogP contribution in [0.25, 0.3) is 0 Å². The third kappa shape index (κ3) is 3.20. The van der Waals surface area contributed by atoms with Gasteiger partial charge in [-0.1, -0.05) is 37.6 Å². The third-order valence-corrected chi connectivity index (χ3v) is 3.92. The third-order valence-electron chi connectivity index (χ3n) is 3.92. The van der Waals surface area contributed by atoms with Crippen molar-refractivity contribution in [2.45, 2.75) is 51.5 Å². The Bertz CT molecular complexity index is 388. The average Bonchev–Trinajstić information content (AvgIpc) is 2.40. The van der Waals surface area contributed by atoms with Crippen LogP contribution in [0.3, 0.4) is 0 Å². The minimum Gasteiger partial charge on any atom is -0.328 e. The lowest BCUT2D eigenvalue weighted by Gasteiger charge is -2.25. The zero-order valence-corrected chi connectivity index (χ0v) is 11.2. The fourth-order valence-corrected chi connectivity index (χ4v) is 2.74. The largest absolute Gasteiger partial charge is 0.328 e.